The summed E-state index contributed by atoms with van der Waals surface area (Å²) in [4.78, 5) is 9.86. The lowest BCUT2D eigenvalue weighted by molar-refractivity contribution is 0.289. The number of H-pyrrole nitrogens is 1. The van der Waals surface area contributed by atoms with Gasteiger partial charge < -0.3 is 20.7 Å². The summed E-state index contributed by atoms with van der Waals surface area (Å²) in [5, 5.41) is 8.86. The number of nitrogens with two attached hydrogens (primary N) is 1. The molecule has 5 heteroatoms. The van der Waals surface area contributed by atoms with Crippen molar-refractivity contribution in [2.24, 2.45) is 0 Å². The number of aliphatic hydroxyl groups excluding tert-OH is 1. The summed E-state index contributed by atoms with van der Waals surface area (Å²) in [7, 11) is 0. The van der Waals surface area contributed by atoms with E-state index in [4.69, 9.17) is 10.8 Å². The van der Waals surface area contributed by atoms with Gasteiger partial charge in [-0.25, -0.2) is 4.98 Å². The van der Waals surface area contributed by atoms with Crippen molar-refractivity contribution < 1.29 is 5.11 Å². The highest BCUT2D eigenvalue weighted by molar-refractivity contribution is 5.80. The predicted octanol–water partition coefficient (Wildman–Crippen LogP) is 1.35. The topological polar surface area (TPSA) is 78.2 Å². The number of aliphatic hydroxyl groups is 1. The molecule has 0 unspecified atom stereocenters. The Morgan fingerprint density at radius 3 is 3.00 bits per heavy atom. The molecular weight excluding hydrogens is 216 g/mol. The van der Waals surface area contributed by atoms with Crippen LogP contribution in [0, 0.1) is 0 Å². The van der Waals surface area contributed by atoms with Gasteiger partial charge in [-0.3, -0.25) is 0 Å². The summed E-state index contributed by atoms with van der Waals surface area (Å²) in [6.07, 6.45) is 0.743. The zero-order chi connectivity index (χ0) is 12.3. The SMILES string of the molecule is CCN(CCCO)c1nc2ccc(N)cc2[nH]1. The average molecular weight is 234 g/mol. The number of nitrogens with one attached hydrogen (secondary N) is 1. The first kappa shape index (κ1) is 11.7. The van der Waals surface area contributed by atoms with E-state index in [0.29, 0.717) is 0 Å². The van der Waals surface area contributed by atoms with Crippen LogP contribution in [0.1, 0.15) is 13.3 Å². The van der Waals surface area contributed by atoms with Crippen LogP contribution < -0.4 is 10.6 Å². The van der Waals surface area contributed by atoms with Crippen molar-refractivity contribution in [2.75, 3.05) is 30.3 Å². The van der Waals surface area contributed by atoms with Gasteiger partial charge in [0.1, 0.15) is 0 Å². The van der Waals surface area contributed by atoms with Crippen molar-refractivity contribution in [2.45, 2.75) is 13.3 Å². The molecule has 0 amide bonds. The van der Waals surface area contributed by atoms with E-state index < -0.39 is 0 Å². The normalized spacial score (nSPS) is 10.9. The Kier molecular flexibility index (Phi) is 3.49. The number of nitrogens with zero attached hydrogens (tertiary/aromatic N) is 2. The van der Waals surface area contributed by atoms with Crippen LogP contribution in [-0.2, 0) is 0 Å². The Hall–Kier alpha value is -1.75. The lowest BCUT2D eigenvalue weighted by atomic mass is 10.3. The molecule has 5 nitrogen and oxygen atoms in total. The highest BCUT2D eigenvalue weighted by atomic mass is 16.3. The van der Waals surface area contributed by atoms with Gasteiger partial charge >= 0.3 is 0 Å². The summed E-state index contributed by atoms with van der Waals surface area (Å²) in [5.74, 6) is 0.835. The molecule has 0 aliphatic heterocycles. The molecule has 1 aromatic heterocycles. The van der Waals surface area contributed by atoms with Crippen LogP contribution in [-0.4, -0.2) is 34.8 Å². The Morgan fingerprint density at radius 1 is 1.47 bits per heavy atom. The van der Waals surface area contributed by atoms with E-state index in [1.807, 2.05) is 18.2 Å². The molecule has 1 aromatic carbocycles. The number of anilines is 2. The molecule has 0 bridgehead atoms. The zero-order valence-electron chi connectivity index (χ0n) is 9.98. The molecule has 4 N–H and O–H groups in total. The first-order valence-electron chi connectivity index (χ1n) is 5.85. The number of benzene rings is 1. The first-order valence-corrected chi connectivity index (χ1v) is 5.85. The summed E-state index contributed by atoms with van der Waals surface area (Å²) in [6, 6.07) is 5.63. The van der Waals surface area contributed by atoms with Gasteiger partial charge in [-0.2, -0.15) is 0 Å². The van der Waals surface area contributed by atoms with Crippen molar-refractivity contribution in [3.8, 4) is 0 Å². The van der Waals surface area contributed by atoms with E-state index >= 15 is 0 Å². The second kappa shape index (κ2) is 5.05. The van der Waals surface area contributed by atoms with Crippen molar-refractivity contribution in [3.05, 3.63) is 18.2 Å². The van der Waals surface area contributed by atoms with E-state index in [1.54, 1.807) is 0 Å². The van der Waals surface area contributed by atoms with Crippen LogP contribution in [0.2, 0.25) is 0 Å². The lowest BCUT2D eigenvalue weighted by Gasteiger charge is -2.18. The van der Waals surface area contributed by atoms with Gasteiger partial charge in [0.2, 0.25) is 5.95 Å². The minimum Gasteiger partial charge on any atom is -0.399 e. The van der Waals surface area contributed by atoms with Gasteiger partial charge in [0.15, 0.2) is 0 Å². The lowest BCUT2D eigenvalue weighted by Crippen LogP contribution is -2.25. The molecule has 2 rings (SSSR count). The maximum absolute atomic E-state index is 8.86. The summed E-state index contributed by atoms with van der Waals surface area (Å²) in [5.41, 5.74) is 8.32. The van der Waals surface area contributed by atoms with Crippen molar-refractivity contribution in [1.29, 1.82) is 0 Å². The molecule has 2 aromatic rings. The van der Waals surface area contributed by atoms with Crippen molar-refractivity contribution in [1.82, 2.24) is 9.97 Å². The van der Waals surface area contributed by atoms with Crippen molar-refractivity contribution >= 4 is 22.7 Å². The Bertz CT molecular complexity index is 494. The van der Waals surface area contributed by atoms with Crippen LogP contribution in [0.4, 0.5) is 11.6 Å². The maximum Gasteiger partial charge on any atom is 0.203 e. The number of aromatic amines is 1. The molecule has 0 aliphatic rings. The molecule has 0 saturated heterocycles. The fourth-order valence-corrected chi connectivity index (χ4v) is 1.84. The van der Waals surface area contributed by atoms with Crippen LogP contribution >= 0.6 is 0 Å². The quantitative estimate of drug-likeness (QED) is 0.682. The second-order valence-corrected chi connectivity index (χ2v) is 3.99. The molecule has 0 spiro atoms. The maximum atomic E-state index is 8.86. The average Bonchev–Trinajstić information content (AvgIpc) is 2.72. The van der Waals surface area contributed by atoms with E-state index in [9.17, 15) is 0 Å². The molecular formula is C12H18N4O. The number of fused-ring (bicyclic) bond motifs is 1. The van der Waals surface area contributed by atoms with Crippen LogP contribution in [0.3, 0.4) is 0 Å². The molecule has 92 valence electrons. The van der Waals surface area contributed by atoms with Gasteiger partial charge in [-0.05, 0) is 31.5 Å². The second-order valence-electron chi connectivity index (χ2n) is 3.99. The largest absolute Gasteiger partial charge is 0.399 e. The van der Waals surface area contributed by atoms with Gasteiger partial charge in [-0.15, -0.1) is 0 Å². The molecule has 0 fully saturated rings. The molecule has 0 atom stereocenters. The first-order chi connectivity index (χ1) is 8.24. The van der Waals surface area contributed by atoms with Gasteiger partial charge in [0.25, 0.3) is 0 Å². The summed E-state index contributed by atoms with van der Waals surface area (Å²) < 4.78 is 0. The minimum absolute atomic E-state index is 0.198. The third-order valence-corrected chi connectivity index (χ3v) is 2.76. The van der Waals surface area contributed by atoms with E-state index in [-0.39, 0.29) is 6.61 Å². The Morgan fingerprint density at radius 2 is 2.29 bits per heavy atom. The molecule has 17 heavy (non-hydrogen) atoms. The van der Waals surface area contributed by atoms with E-state index in [0.717, 1.165) is 42.2 Å². The van der Waals surface area contributed by atoms with Gasteiger partial charge in [0, 0.05) is 25.4 Å². The third-order valence-electron chi connectivity index (χ3n) is 2.76. The number of rotatable bonds is 5. The molecule has 1 heterocycles. The smallest absolute Gasteiger partial charge is 0.203 e. The fraction of sp³-hybridized carbons (Fsp3) is 0.417. The predicted molar refractivity (Wildman–Crippen MR) is 70.1 cm³/mol. The monoisotopic (exact) mass is 234 g/mol. The zero-order valence-corrected chi connectivity index (χ0v) is 9.98. The molecule has 0 radical (unpaired) electrons. The van der Waals surface area contributed by atoms with E-state index in [2.05, 4.69) is 21.8 Å². The number of aromatic nitrogens is 2. The molecule has 0 saturated carbocycles. The van der Waals surface area contributed by atoms with Gasteiger partial charge in [0.05, 0.1) is 11.0 Å². The third kappa shape index (κ3) is 2.50. The highest BCUT2D eigenvalue weighted by Gasteiger charge is 2.09. The number of nitrogen functional groups attached to an aromatic ring is 1. The van der Waals surface area contributed by atoms with E-state index in [1.165, 1.54) is 0 Å². The van der Waals surface area contributed by atoms with Crippen molar-refractivity contribution in [3.63, 3.8) is 0 Å². The summed E-state index contributed by atoms with van der Waals surface area (Å²) >= 11 is 0. The highest BCUT2D eigenvalue weighted by Crippen LogP contribution is 2.19. The van der Waals surface area contributed by atoms with Crippen LogP contribution in [0.15, 0.2) is 18.2 Å². The van der Waals surface area contributed by atoms with Gasteiger partial charge in [-0.1, -0.05) is 0 Å². The van der Waals surface area contributed by atoms with Crippen LogP contribution in [0.5, 0.6) is 0 Å². The minimum atomic E-state index is 0.198. The number of hydrogen-bond donors (Lipinski definition) is 3. The Balaban J connectivity index is 2.27. The molecule has 0 aliphatic carbocycles. The standard InChI is InChI=1S/C12H18N4O/c1-2-16(6-3-7-17)12-14-10-5-4-9(13)8-11(10)15-12/h4-5,8,17H,2-3,6-7,13H2,1H3,(H,14,15). The Labute approximate surface area is 100 Å². The number of imidazole rings is 1. The van der Waals surface area contributed by atoms with Crippen LogP contribution in [0.25, 0.3) is 11.0 Å². The fourth-order valence-electron chi connectivity index (χ4n) is 1.84. The summed E-state index contributed by atoms with van der Waals surface area (Å²) in [6.45, 7) is 3.92. The number of hydrogen-bond acceptors (Lipinski definition) is 4.